The zero-order valence-electron chi connectivity index (χ0n) is 11.4. The molecule has 0 unspecified atom stereocenters. The number of pyridine rings is 1. The van der Waals surface area contributed by atoms with E-state index in [0.717, 1.165) is 19.6 Å². The SMILES string of the molecule is CCC(CC)N[C@H]1COC[C@H]1Cc1ccncc1. The van der Waals surface area contributed by atoms with Crippen molar-refractivity contribution in [1.82, 2.24) is 10.3 Å². The minimum absolute atomic E-state index is 0.503. The lowest BCUT2D eigenvalue weighted by molar-refractivity contribution is 0.181. The van der Waals surface area contributed by atoms with Crippen molar-refractivity contribution in [1.29, 1.82) is 0 Å². The molecular weight excluding hydrogens is 224 g/mol. The molecule has 0 aromatic carbocycles. The van der Waals surface area contributed by atoms with Crippen LogP contribution < -0.4 is 5.32 Å². The molecule has 2 atom stereocenters. The standard InChI is InChI=1S/C15H24N2O/c1-3-14(4-2)17-15-11-18-10-13(15)9-12-5-7-16-8-6-12/h5-8,13-15,17H,3-4,9-11H2,1-2H3/t13-,15+/m1/s1. The summed E-state index contributed by atoms with van der Waals surface area (Å²) in [6.07, 6.45) is 7.20. The van der Waals surface area contributed by atoms with Crippen molar-refractivity contribution >= 4 is 0 Å². The van der Waals surface area contributed by atoms with Gasteiger partial charge in [-0.05, 0) is 37.0 Å². The smallest absolute Gasteiger partial charge is 0.0623 e. The van der Waals surface area contributed by atoms with Crippen LogP contribution in [0, 0.1) is 5.92 Å². The Labute approximate surface area is 110 Å². The van der Waals surface area contributed by atoms with E-state index in [9.17, 15) is 0 Å². The normalized spacial score (nSPS) is 23.7. The van der Waals surface area contributed by atoms with Crippen molar-refractivity contribution in [2.45, 2.75) is 45.2 Å². The summed E-state index contributed by atoms with van der Waals surface area (Å²) in [4.78, 5) is 4.07. The predicted octanol–water partition coefficient (Wildman–Crippen LogP) is 2.42. The maximum Gasteiger partial charge on any atom is 0.0623 e. The number of nitrogens with zero attached hydrogens (tertiary/aromatic N) is 1. The van der Waals surface area contributed by atoms with Crippen molar-refractivity contribution in [3.8, 4) is 0 Å². The monoisotopic (exact) mass is 248 g/mol. The van der Waals surface area contributed by atoms with Crippen molar-refractivity contribution < 1.29 is 4.74 Å². The van der Waals surface area contributed by atoms with E-state index in [1.807, 2.05) is 12.4 Å². The van der Waals surface area contributed by atoms with Gasteiger partial charge in [-0.15, -0.1) is 0 Å². The summed E-state index contributed by atoms with van der Waals surface area (Å²) in [5.41, 5.74) is 1.36. The number of aromatic nitrogens is 1. The Morgan fingerprint density at radius 1 is 1.28 bits per heavy atom. The van der Waals surface area contributed by atoms with Gasteiger partial charge in [0.2, 0.25) is 0 Å². The third-order valence-electron chi connectivity index (χ3n) is 3.88. The Balaban J connectivity index is 1.91. The summed E-state index contributed by atoms with van der Waals surface area (Å²) in [5, 5.41) is 3.75. The summed E-state index contributed by atoms with van der Waals surface area (Å²) in [5.74, 6) is 0.591. The Morgan fingerprint density at radius 3 is 2.67 bits per heavy atom. The molecule has 0 aliphatic carbocycles. The van der Waals surface area contributed by atoms with Crippen LogP contribution in [-0.2, 0) is 11.2 Å². The van der Waals surface area contributed by atoms with E-state index >= 15 is 0 Å². The molecule has 2 rings (SSSR count). The molecule has 1 N–H and O–H groups in total. The first kappa shape index (κ1) is 13.5. The molecule has 100 valence electrons. The van der Waals surface area contributed by atoms with Crippen molar-refractivity contribution in [2.75, 3.05) is 13.2 Å². The van der Waals surface area contributed by atoms with Crippen LogP contribution in [0.3, 0.4) is 0 Å². The summed E-state index contributed by atoms with van der Waals surface area (Å²) in [6.45, 7) is 6.22. The molecule has 3 nitrogen and oxygen atoms in total. The fourth-order valence-corrected chi connectivity index (χ4v) is 2.63. The van der Waals surface area contributed by atoms with Gasteiger partial charge in [-0.25, -0.2) is 0 Å². The summed E-state index contributed by atoms with van der Waals surface area (Å²) in [7, 11) is 0. The predicted molar refractivity (Wildman–Crippen MR) is 73.5 cm³/mol. The van der Waals surface area contributed by atoms with Crippen LogP contribution in [0.25, 0.3) is 0 Å². The quantitative estimate of drug-likeness (QED) is 0.839. The molecule has 0 amide bonds. The van der Waals surface area contributed by atoms with Crippen LogP contribution in [0.4, 0.5) is 0 Å². The number of rotatable bonds is 6. The molecule has 1 aliphatic heterocycles. The molecule has 1 aromatic rings. The van der Waals surface area contributed by atoms with Gasteiger partial charge in [0.15, 0.2) is 0 Å². The van der Waals surface area contributed by atoms with Crippen LogP contribution >= 0.6 is 0 Å². The fourth-order valence-electron chi connectivity index (χ4n) is 2.63. The second-order valence-electron chi connectivity index (χ2n) is 5.14. The first-order valence-corrected chi connectivity index (χ1v) is 7.06. The Hall–Kier alpha value is -0.930. The molecule has 1 aliphatic rings. The third-order valence-corrected chi connectivity index (χ3v) is 3.88. The molecule has 3 heteroatoms. The maximum atomic E-state index is 5.65. The lowest BCUT2D eigenvalue weighted by Gasteiger charge is -2.24. The van der Waals surface area contributed by atoms with Crippen LogP contribution in [0.2, 0.25) is 0 Å². The highest BCUT2D eigenvalue weighted by Gasteiger charge is 2.29. The summed E-state index contributed by atoms with van der Waals surface area (Å²) < 4.78 is 5.65. The second kappa shape index (κ2) is 6.86. The maximum absolute atomic E-state index is 5.65. The average molecular weight is 248 g/mol. The van der Waals surface area contributed by atoms with E-state index in [0.29, 0.717) is 18.0 Å². The molecule has 0 radical (unpaired) electrons. The highest BCUT2D eigenvalue weighted by Crippen LogP contribution is 2.20. The van der Waals surface area contributed by atoms with E-state index < -0.39 is 0 Å². The van der Waals surface area contributed by atoms with Crippen molar-refractivity contribution in [2.24, 2.45) is 5.92 Å². The molecule has 1 aromatic heterocycles. The molecule has 1 saturated heterocycles. The third kappa shape index (κ3) is 3.53. The first-order chi connectivity index (χ1) is 8.83. The Kier molecular flexibility index (Phi) is 5.14. The molecule has 0 saturated carbocycles. The minimum atomic E-state index is 0.503. The first-order valence-electron chi connectivity index (χ1n) is 7.06. The van der Waals surface area contributed by atoms with Gasteiger partial charge in [0, 0.05) is 30.4 Å². The Bertz CT molecular complexity index is 338. The largest absolute Gasteiger partial charge is 0.379 e. The molecule has 0 bridgehead atoms. The zero-order chi connectivity index (χ0) is 12.8. The molecule has 1 fully saturated rings. The second-order valence-corrected chi connectivity index (χ2v) is 5.14. The number of hydrogen-bond donors (Lipinski definition) is 1. The van der Waals surface area contributed by atoms with Gasteiger partial charge in [0.05, 0.1) is 13.2 Å². The van der Waals surface area contributed by atoms with E-state index in [4.69, 9.17) is 4.74 Å². The number of hydrogen-bond acceptors (Lipinski definition) is 3. The van der Waals surface area contributed by atoms with E-state index in [2.05, 4.69) is 36.3 Å². The van der Waals surface area contributed by atoms with Crippen molar-refractivity contribution in [3.63, 3.8) is 0 Å². The highest BCUT2D eigenvalue weighted by atomic mass is 16.5. The van der Waals surface area contributed by atoms with Crippen LogP contribution in [0.1, 0.15) is 32.3 Å². The molecule has 18 heavy (non-hydrogen) atoms. The van der Waals surface area contributed by atoms with Gasteiger partial charge in [-0.2, -0.15) is 0 Å². The van der Waals surface area contributed by atoms with Crippen molar-refractivity contribution in [3.05, 3.63) is 30.1 Å². The molecule has 2 heterocycles. The van der Waals surface area contributed by atoms with E-state index in [1.54, 1.807) is 0 Å². The number of ether oxygens (including phenoxy) is 1. The van der Waals surface area contributed by atoms with Crippen LogP contribution in [0.5, 0.6) is 0 Å². The lowest BCUT2D eigenvalue weighted by atomic mass is 9.94. The van der Waals surface area contributed by atoms with Gasteiger partial charge in [-0.3, -0.25) is 4.98 Å². The highest BCUT2D eigenvalue weighted by molar-refractivity contribution is 5.11. The molecular formula is C15H24N2O. The Morgan fingerprint density at radius 2 is 2.00 bits per heavy atom. The van der Waals surface area contributed by atoms with Gasteiger partial charge in [-0.1, -0.05) is 13.8 Å². The summed E-state index contributed by atoms with van der Waals surface area (Å²) in [6, 6.07) is 5.33. The average Bonchev–Trinajstić information content (AvgIpc) is 2.84. The topological polar surface area (TPSA) is 34.1 Å². The van der Waals surface area contributed by atoms with Gasteiger partial charge < -0.3 is 10.1 Å². The summed E-state index contributed by atoms with van der Waals surface area (Å²) >= 11 is 0. The van der Waals surface area contributed by atoms with Gasteiger partial charge >= 0.3 is 0 Å². The zero-order valence-corrected chi connectivity index (χ0v) is 11.4. The van der Waals surface area contributed by atoms with Gasteiger partial charge in [0.1, 0.15) is 0 Å². The van der Waals surface area contributed by atoms with Gasteiger partial charge in [0.25, 0.3) is 0 Å². The van der Waals surface area contributed by atoms with E-state index in [-0.39, 0.29) is 0 Å². The van der Waals surface area contributed by atoms with Crippen LogP contribution in [-0.4, -0.2) is 30.3 Å². The minimum Gasteiger partial charge on any atom is -0.379 e. The number of nitrogens with one attached hydrogen (secondary N) is 1. The molecule has 0 spiro atoms. The fraction of sp³-hybridized carbons (Fsp3) is 0.667. The van der Waals surface area contributed by atoms with Crippen LogP contribution in [0.15, 0.2) is 24.5 Å². The lowest BCUT2D eigenvalue weighted by Crippen LogP contribution is -2.42. The van der Waals surface area contributed by atoms with E-state index in [1.165, 1.54) is 18.4 Å².